The number of hydrogen-bond acceptors (Lipinski definition) is 6. The molecule has 3 heterocycles. The quantitative estimate of drug-likeness (QED) is 0.365. The van der Waals surface area contributed by atoms with Gasteiger partial charge < -0.3 is 23.0 Å². The Morgan fingerprint density at radius 2 is 1.56 bits per heavy atom. The summed E-state index contributed by atoms with van der Waals surface area (Å²) in [6.07, 6.45) is 8.03. The highest BCUT2D eigenvalue weighted by molar-refractivity contribution is 5.99. The van der Waals surface area contributed by atoms with Crippen LogP contribution in [0.1, 0.15) is 6.42 Å². The zero-order valence-corrected chi connectivity index (χ0v) is 19.1. The topological polar surface area (TPSA) is 91.1 Å². The van der Waals surface area contributed by atoms with Crippen LogP contribution >= 0.6 is 0 Å². The van der Waals surface area contributed by atoms with Crippen molar-refractivity contribution in [1.82, 2.24) is 19.1 Å². The molecular formula is C26H25N5O3. The number of furan rings is 1. The van der Waals surface area contributed by atoms with Gasteiger partial charge in [-0.1, -0.05) is 12.1 Å². The number of ether oxygens (including phenoxy) is 2. The Labute approximate surface area is 196 Å². The van der Waals surface area contributed by atoms with Gasteiger partial charge >= 0.3 is 0 Å². The van der Waals surface area contributed by atoms with Gasteiger partial charge in [-0.15, -0.1) is 0 Å². The SMILES string of the molecule is COc1ccc(-c2oc3ncn(CCCn4ccnc4)c(=N)c3c2-c2ccc(OC)cc2)cc1. The molecule has 2 aromatic carbocycles. The van der Waals surface area contributed by atoms with Crippen LogP contribution in [0, 0.1) is 5.41 Å². The van der Waals surface area contributed by atoms with Crippen LogP contribution in [-0.2, 0) is 13.1 Å². The molecule has 0 amide bonds. The lowest BCUT2D eigenvalue weighted by Gasteiger charge is -2.09. The van der Waals surface area contributed by atoms with Crippen molar-refractivity contribution in [1.29, 1.82) is 5.41 Å². The van der Waals surface area contributed by atoms with Gasteiger partial charge in [0.05, 0.1) is 25.9 Å². The highest BCUT2D eigenvalue weighted by Crippen LogP contribution is 2.39. The van der Waals surface area contributed by atoms with E-state index in [1.165, 1.54) is 0 Å². The van der Waals surface area contributed by atoms with Crippen LogP contribution in [0.5, 0.6) is 11.5 Å². The van der Waals surface area contributed by atoms with Crippen molar-refractivity contribution in [3.63, 3.8) is 0 Å². The third-order valence-corrected chi connectivity index (χ3v) is 5.83. The van der Waals surface area contributed by atoms with E-state index >= 15 is 0 Å². The second-order valence-corrected chi connectivity index (χ2v) is 7.88. The van der Waals surface area contributed by atoms with Crippen molar-refractivity contribution in [2.24, 2.45) is 0 Å². The van der Waals surface area contributed by atoms with Gasteiger partial charge in [0.25, 0.3) is 0 Å². The predicted molar refractivity (Wildman–Crippen MR) is 129 cm³/mol. The van der Waals surface area contributed by atoms with E-state index in [1.54, 1.807) is 33.1 Å². The number of aromatic nitrogens is 4. The summed E-state index contributed by atoms with van der Waals surface area (Å²) < 4.78 is 20.8. The maximum Gasteiger partial charge on any atom is 0.232 e. The van der Waals surface area contributed by atoms with Crippen LogP contribution in [0.2, 0.25) is 0 Å². The Kier molecular flexibility index (Phi) is 5.86. The minimum atomic E-state index is 0.366. The summed E-state index contributed by atoms with van der Waals surface area (Å²) >= 11 is 0. The monoisotopic (exact) mass is 455 g/mol. The molecule has 3 aromatic heterocycles. The fraction of sp³-hybridized carbons (Fsp3) is 0.192. The molecule has 0 saturated heterocycles. The Morgan fingerprint density at radius 3 is 2.18 bits per heavy atom. The second-order valence-electron chi connectivity index (χ2n) is 7.88. The van der Waals surface area contributed by atoms with E-state index in [1.807, 2.05) is 63.9 Å². The van der Waals surface area contributed by atoms with Crippen LogP contribution in [0.25, 0.3) is 33.6 Å². The molecule has 0 bridgehead atoms. The van der Waals surface area contributed by atoms with Gasteiger partial charge in [0, 0.05) is 36.6 Å². The van der Waals surface area contributed by atoms with Crippen molar-refractivity contribution >= 4 is 11.1 Å². The van der Waals surface area contributed by atoms with E-state index in [9.17, 15) is 0 Å². The average molecular weight is 456 g/mol. The summed E-state index contributed by atoms with van der Waals surface area (Å²) in [7, 11) is 3.28. The molecule has 0 unspecified atom stereocenters. The summed E-state index contributed by atoms with van der Waals surface area (Å²) in [6, 6.07) is 15.5. The van der Waals surface area contributed by atoms with E-state index in [4.69, 9.17) is 19.3 Å². The molecule has 8 nitrogen and oxygen atoms in total. The minimum Gasteiger partial charge on any atom is -0.497 e. The van der Waals surface area contributed by atoms with Crippen LogP contribution in [0.3, 0.4) is 0 Å². The second kappa shape index (κ2) is 9.27. The lowest BCUT2D eigenvalue weighted by atomic mass is 9.99. The molecule has 1 N–H and O–H groups in total. The first-order valence-corrected chi connectivity index (χ1v) is 11.0. The van der Waals surface area contributed by atoms with Crippen LogP contribution in [0.4, 0.5) is 0 Å². The van der Waals surface area contributed by atoms with Gasteiger partial charge in [0.15, 0.2) is 0 Å². The lowest BCUT2D eigenvalue weighted by molar-refractivity contribution is 0.414. The maximum atomic E-state index is 9.00. The van der Waals surface area contributed by atoms with E-state index in [-0.39, 0.29) is 0 Å². The van der Waals surface area contributed by atoms with Crippen LogP contribution in [0.15, 0.2) is 78.0 Å². The first-order chi connectivity index (χ1) is 16.7. The molecule has 0 aliphatic heterocycles. The number of benzene rings is 2. The molecule has 5 rings (SSSR count). The van der Waals surface area contributed by atoms with Crippen molar-refractivity contribution in [3.8, 4) is 33.9 Å². The summed E-state index contributed by atoms with van der Waals surface area (Å²) in [4.78, 5) is 8.65. The standard InChI is InChI=1S/C26H25N5O3/c1-32-20-8-4-18(5-9-20)22-23-25(27)31(14-3-13-30-15-12-28-16-30)17-29-26(23)34-24(22)19-6-10-21(33-2)11-7-19/h4-12,15-17,27H,3,13-14H2,1-2H3. The van der Waals surface area contributed by atoms with Gasteiger partial charge in [-0.3, -0.25) is 5.41 Å². The number of fused-ring (bicyclic) bond motifs is 1. The van der Waals surface area contributed by atoms with Crippen molar-refractivity contribution in [2.45, 2.75) is 19.5 Å². The molecule has 5 aromatic rings. The number of hydrogen-bond donors (Lipinski definition) is 1. The van der Waals surface area contributed by atoms with Crippen molar-refractivity contribution in [2.75, 3.05) is 14.2 Å². The van der Waals surface area contributed by atoms with Gasteiger partial charge in [-0.05, 0) is 48.4 Å². The molecule has 0 saturated carbocycles. The zero-order chi connectivity index (χ0) is 23.5. The summed E-state index contributed by atoms with van der Waals surface area (Å²) in [5, 5.41) is 9.68. The highest BCUT2D eigenvalue weighted by Gasteiger charge is 2.21. The third-order valence-electron chi connectivity index (χ3n) is 5.83. The summed E-state index contributed by atoms with van der Waals surface area (Å²) in [6.45, 7) is 1.48. The molecule has 0 aliphatic rings. The van der Waals surface area contributed by atoms with Gasteiger partial charge in [0.2, 0.25) is 5.71 Å². The smallest absolute Gasteiger partial charge is 0.232 e. The number of aryl methyl sites for hydroxylation is 2. The largest absolute Gasteiger partial charge is 0.497 e. The Morgan fingerprint density at radius 1 is 0.882 bits per heavy atom. The number of imidazole rings is 1. The van der Waals surface area contributed by atoms with E-state index in [0.717, 1.165) is 41.2 Å². The first-order valence-electron chi connectivity index (χ1n) is 11.0. The molecule has 0 spiro atoms. The summed E-state index contributed by atoms with van der Waals surface area (Å²) in [5.41, 5.74) is 3.45. The minimum absolute atomic E-state index is 0.366. The third kappa shape index (κ3) is 4.05. The average Bonchev–Trinajstić information content (AvgIpc) is 3.54. The predicted octanol–water partition coefficient (Wildman–Crippen LogP) is 4.75. The van der Waals surface area contributed by atoms with E-state index in [0.29, 0.717) is 28.9 Å². The molecular weight excluding hydrogens is 430 g/mol. The normalized spacial score (nSPS) is 11.1. The Hall–Kier alpha value is -4.33. The van der Waals surface area contributed by atoms with Crippen LogP contribution < -0.4 is 15.0 Å². The van der Waals surface area contributed by atoms with Gasteiger partial charge in [-0.25, -0.2) is 9.97 Å². The van der Waals surface area contributed by atoms with Gasteiger partial charge in [0.1, 0.15) is 29.1 Å². The van der Waals surface area contributed by atoms with Crippen LogP contribution in [-0.4, -0.2) is 33.3 Å². The number of rotatable bonds is 8. The first kappa shape index (κ1) is 21.5. The van der Waals surface area contributed by atoms with E-state index in [2.05, 4.69) is 9.97 Å². The Balaban J connectivity index is 1.61. The molecule has 34 heavy (non-hydrogen) atoms. The number of methoxy groups -OCH3 is 2. The highest BCUT2D eigenvalue weighted by atomic mass is 16.5. The molecule has 172 valence electrons. The molecule has 0 radical (unpaired) electrons. The molecule has 0 aliphatic carbocycles. The van der Waals surface area contributed by atoms with Crippen molar-refractivity contribution in [3.05, 3.63) is 79.1 Å². The lowest BCUT2D eigenvalue weighted by Crippen LogP contribution is -2.21. The fourth-order valence-electron chi connectivity index (χ4n) is 4.04. The number of nitrogens with zero attached hydrogens (tertiary/aromatic N) is 4. The Bertz CT molecular complexity index is 1450. The van der Waals surface area contributed by atoms with Gasteiger partial charge in [-0.2, -0.15) is 0 Å². The fourth-order valence-corrected chi connectivity index (χ4v) is 4.04. The van der Waals surface area contributed by atoms with Crippen molar-refractivity contribution < 1.29 is 13.9 Å². The number of nitrogens with one attached hydrogen (secondary N) is 1. The molecule has 8 heteroatoms. The molecule has 0 fully saturated rings. The maximum absolute atomic E-state index is 9.00. The summed E-state index contributed by atoms with van der Waals surface area (Å²) in [5.74, 6) is 2.20. The zero-order valence-electron chi connectivity index (χ0n) is 19.1. The molecule has 0 atom stereocenters. The van der Waals surface area contributed by atoms with E-state index < -0.39 is 0 Å².